The van der Waals surface area contributed by atoms with E-state index >= 15 is 0 Å². The zero-order valence-electron chi connectivity index (χ0n) is 13.3. The Morgan fingerprint density at radius 1 is 1.26 bits per heavy atom. The van der Waals surface area contributed by atoms with Gasteiger partial charge in [0.2, 0.25) is 0 Å². The third kappa shape index (κ3) is 4.60. The molecule has 0 saturated carbocycles. The fourth-order valence-corrected chi connectivity index (χ4v) is 2.38. The van der Waals surface area contributed by atoms with Crippen molar-refractivity contribution >= 4 is 17.5 Å². The van der Waals surface area contributed by atoms with Gasteiger partial charge in [-0.1, -0.05) is 17.7 Å². The first-order chi connectivity index (χ1) is 10.9. The van der Waals surface area contributed by atoms with Crippen molar-refractivity contribution in [2.45, 2.75) is 27.3 Å². The molecule has 1 aromatic heterocycles. The zero-order chi connectivity index (χ0) is 17.0. The van der Waals surface area contributed by atoms with Gasteiger partial charge < -0.3 is 15.0 Å². The number of halogens is 1. The van der Waals surface area contributed by atoms with Crippen molar-refractivity contribution in [3.63, 3.8) is 0 Å². The summed E-state index contributed by atoms with van der Waals surface area (Å²) in [5.41, 5.74) is 2.98. The number of pyridine rings is 1. The van der Waals surface area contributed by atoms with E-state index in [1.54, 1.807) is 12.1 Å². The van der Waals surface area contributed by atoms with Crippen LogP contribution in [0.3, 0.4) is 0 Å². The molecule has 0 unspecified atom stereocenters. The van der Waals surface area contributed by atoms with E-state index in [2.05, 4.69) is 10.3 Å². The molecule has 0 bridgehead atoms. The molecule has 23 heavy (non-hydrogen) atoms. The van der Waals surface area contributed by atoms with Crippen LogP contribution in [0.25, 0.3) is 0 Å². The van der Waals surface area contributed by atoms with Gasteiger partial charge >= 0.3 is 0 Å². The van der Waals surface area contributed by atoms with Crippen LogP contribution in [-0.4, -0.2) is 17.5 Å². The average Bonchev–Trinajstić information content (AvgIpc) is 2.47. The minimum Gasteiger partial charge on any atom is -0.482 e. The molecule has 1 heterocycles. The van der Waals surface area contributed by atoms with Gasteiger partial charge in [-0.05, 0) is 50.1 Å². The highest BCUT2D eigenvalue weighted by molar-refractivity contribution is 6.32. The van der Waals surface area contributed by atoms with Crippen LogP contribution in [0.1, 0.15) is 22.4 Å². The Balaban J connectivity index is 1.93. The summed E-state index contributed by atoms with van der Waals surface area (Å²) >= 11 is 6.01. The predicted octanol–water partition coefficient (Wildman–Crippen LogP) is 2.65. The second kappa shape index (κ2) is 7.33. The molecule has 2 N–H and O–H groups in total. The molecule has 122 valence electrons. The molecule has 0 aliphatic heterocycles. The van der Waals surface area contributed by atoms with Gasteiger partial charge in [-0.3, -0.25) is 9.59 Å². The highest BCUT2D eigenvalue weighted by Gasteiger charge is 2.09. The second-order valence-corrected chi connectivity index (χ2v) is 5.85. The predicted molar refractivity (Wildman–Crippen MR) is 90.1 cm³/mol. The normalized spacial score (nSPS) is 10.4. The summed E-state index contributed by atoms with van der Waals surface area (Å²) in [6, 6.07) is 7.22. The number of hydrogen-bond acceptors (Lipinski definition) is 3. The lowest BCUT2D eigenvalue weighted by molar-refractivity contribution is -0.123. The Morgan fingerprint density at radius 2 is 2.00 bits per heavy atom. The third-order valence-electron chi connectivity index (χ3n) is 3.40. The summed E-state index contributed by atoms with van der Waals surface area (Å²) < 4.78 is 5.42. The van der Waals surface area contributed by atoms with Gasteiger partial charge in [-0.25, -0.2) is 0 Å². The minimum atomic E-state index is -0.318. The number of carbonyl (C=O) groups excluding carboxylic acids is 1. The second-order valence-electron chi connectivity index (χ2n) is 5.44. The largest absolute Gasteiger partial charge is 0.482 e. The molecule has 0 atom stereocenters. The molecule has 6 heteroatoms. The van der Waals surface area contributed by atoms with E-state index in [4.69, 9.17) is 16.3 Å². The molecule has 1 aromatic carbocycles. The molecule has 0 radical (unpaired) electrons. The van der Waals surface area contributed by atoms with Gasteiger partial charge in [0, 0.05) is 17.8 Å². The standard InChI is InChI=1S/C17H19ClN2O3/c1-10-4-5-14(18)15(6-10)23-9-16(21)19-8-13-11(2)7-12(3)20-17(13)22/h4-7H,8-9H2,1-3H3,(H,19,21)(H,20,22). The smallest absolute Gasteiger partial charge is 0.258 e. The fourth-order valence-electron chi connectivity index (χ4n) is 2.20. The lowest BCUT2D eigenvalue weighted by Gasteiger charge is -2.10. The molecule has 0 aliphatic carbocycles. The molecule has 0 saturated heterocycles. The number of hydrogen-bond donors (Lipinski definition) is 2. The number of carbonyl (C=O) groups is 1. The maximum absolute atomic E-state index is 11.9. The first kappa shape index (κ1) is 17.1. The molecular weight excluding hydrogens is 316 g/mol. The van der Waals surface area contributed by atoms with Crippen LogP contribution < -0.4 is 15.6 Å². The summed E-state index contributed by atoms with van der Waals surface area (Å²) in [4.78, 5) is 26.5. The van der Waals surface area contributed by atoms with Crippen molar-refractivity contribution in [2.24, 2.45) is 0 Å². The maximum Gasteiger partial charge on any atom is 0.258 e. The lowest BCUT2D eigenvalue weighted by Crippen LogP contribution is -2.31. The number of ether oxygens (including phenoxy) is 1. The molecule has 0 spiro atoms. The van der Waals surface area contributed by atoms with Crippen molar-refractivity contribution in [1.82, 2.24) is 10.3 Å². The maximum atomic E-state index is 11.9. The fraction of sp³-hybridized carbons (Fsp3) is 0.294. The molecule has 5 nitrogen and oxygen atoms in total. The van der Waals surface area contributed by atoms with Crippen LogP contribution in [0.15, 0.2) is 29.1 Å². The molecular formula is C17H19ClN2O3. The van der Waals surface area contributed by atoms with Crippen LogP contribution in [0.5, 0.6) is 5.75 Å². The molecule has 0 aliphatic rings. The van der Waals surface area contributed by atoms with Gasteiger partial charge in [0.15, 0.2) is 6.61 Å². The van der Waals surface area contributed by atoms with Gasteiger partial charge in [-0.15, -0.1) is 0 Å². The number of H-pyrrole nitrogens is 1. The number of aromatic nitrogens is 1. The van der Waals surface area contributed by atoms with E-state index in [1.807, 2.05) is 32.9 Å². The Morgan fingerprint density at radius 3 is 2.70 bits per heavy atom. The number of rotatable bonds is 5. The summed E-state index contributed by atoms with van der Waals surface area (Å²) in [6.45, 7) is 5.57. The number of aromatic amines is 1. The third-order valence-corrected chi connectivity index (χ3v) is 3.71. The van der Waals surface area contributed by atoms with Crippen molar-refractivity contribution in [2.75, 3.05) is 6.61 Å². The summed E-state index contributed by atoms with van der Waals surface area (Å²) in [5, 5.41) is 3.13. The van der Waals surface area contributed by atoms with Gasteiger partial charge in [0.05, 0.1) is 5.02 Å². The van der Waals surface area contributed by atoms with Crippen molar-refractivity contribution in [1.29, 1.82) is 0 Å². The number of nitrogens with one attached hydrogen (secondary N) is 2. The van der Waals surface area contributed by atoms with Crippen molar-refractivity contribution in [3.05, 3.63) is 62.0 Å². The van der Waals surface area contributed by atoms with Crippen molar-refractivity contribution in [3.8, 4) is 5.75 Å². The number of benzene rings is 1. The van der Waals surface area contributed by atoms with Crippen LogP contribution >= 0.6 is 11.6 Å². The van der Waals surface area contributed by atoms with Crippen LogP contribution in [0, 0.1) is 20.8 Å². The van der Waals surface area contributed by atoms with Gasteiger partial charge in [0.1, 0.15) is 5.75 Å². The van der Waals surface area contributed by atoms with E-state index in [-0.39, 0.29) is 24.6 Å². The van der Waals surface area contributed by atoms with E-state index < -0.39 is 0 Å². The first-order valence-electron chi connectivity index (χ1n) is 7.22. The highest BCUT2D eigenvalue weighted by atomic mass is 35.5. The van der Waals surface area contributed by atoms with E-state index in [0.717, 1.165) is 16.8 Å². The Bertz CT molecular complexity index is 784. The topological polar surface area (TPSA) is 71.2 Å². The Hall–Kier alpha value is -2.27. The monoisotopic (exact) mass is 334 g/mol. The summed E-state index contributed by atoms with van der Waals surface area (Å²) in [6.07, 6.45) is 0. The summed E-state index contributed by atoms with van der Waals surface area (Å²) in [5.74, 6) is 0.146. The van der Waals surface area contributed by atoms with Crippen LogP contribution in [-0.2, 0) is 11.3 Å². The Labute approximate surface area is 139 Å². The quantitative estimate of drug-likeness (QED) is 0.883. The highest BCUT2D eigenvalue weighted by Crippen LogP contribution is 2.24. The van der Waals surface area contributed by atoms with Gasteiger partial charge in [0.25, 0.3) is 11.5 Å². The van der Waals surface area contributed by atoms with Crippen LogP contribution in [0.2, 0.25) is 5.02 Å². The minimum absolute atomic E-state index is 0.158. The Kier molecular flexibility index (Phi) is 5.45. The lowest BCUT2D eigenvalue weighted by atomic mass is 10.1. The number of aryl methyl sites for hydroxylation is 3. The summed E-state index contributed by atoms with van der Waals surface area (Å²) in [7, 11) is 0. The number of amides is 1. The van der Waals surface area contributed by atoms with E-state index in [1.165, 1.54) is 0 Å². The zero-order valence-corrected chi connectivity index (χ0v) is 14.1. The average molecular weight is 335 g/mol. The first-order valence-corrected chi connectivity index (χ1v) is 7.59. The van der Waals surface area contributed by atoms with E-state index in [9.17, 15) is 9.59 Å². The van der Waals surface area contributed by atoms with Crippen molar-refractivity contribution < 1.29 is 9.53 Å². The van der Waals surface area contributed by atoms with Crippen LogP contribution in [0.4, 0.5) is 0 Å². The SMILES string of the molecule is Cc1ccc(Cl)c(OCC(=O)NCc2c(C)cc(C)[nH]c2=O)c1. The molecule has 1 amide bonds. The van der Waals surface area contributed by atoms with E-state index in [0.29, 0.717) is 16.3 Å². The molecule has 0 fully saturated rings. The molecule has 2 rings (SSSR count). The van der Waals surface area contributed by atoms with Gasteiger partial charge in [-0.2, -0.15) is 0 Å². The molecule has 2 aromatic rings.